The largest absolute Gasteiger partial charge is 0.443 e. The van der Waals surface area contributed by atoms with Crippen molar-refractivity contribution in [2.45, 2.75) is 19.8 Å². The number of aromatic nitrogens is 1. The van der Waals surface area contributed by atoms with E-state index in [-0.39, 0.29) is 6.61 Å². The second kappa shape index (κ2) is 6.68. The van der Waals surface area contributed by atoms with Crippen molar-refractivity contribution in [3.63, 3.8) is 0 Å². The fourth-order valence-electron chi connectivity index (χ4n) is 2.22. The van der Waals surface area contributed by atoms with Crippen LogP contribution in [0.15, 0.2) is 29.0 Å². The van der Waals surface area contributed by atoms with Gasteiger partial charge in [0.05, 0.1) is 0 Å². The molecule has 1 aromatic heterocycles. The summed E-state index contributed by atoms with van der Waals surface area (Å²) >= 11 is 0. The summed E-state index contributed by atoms with van der Waals surface area (Å²) in [5.41, 5.74) is 3.01. The number of nitrogens with zero attached hydrogens (tertiary/aromatic N) is 2. The molecule has 4 nitrogen and oxygen atoms in total. The highest BCUT2D eigenvalue weighted by atomic mass is 16.3. The third-order valence-electron chi connectivity index (χ3n) is 3.58. The Morgan fingerprint density at radius 3 is 3.00 bits per heavy atom. The number of hydrogen-bond acceptors (Lipinski definition) is 4. The molecule has 0 radical (unpaired) electrons. The second-order valence-corrected chi connectivity index (χ2v) is 5.12. The molecule has 0 aliphatic carbocycles. The number of rotatable bonds is 7. The summed E-state index contributed by atoms with van der Waals surface area (Å²) in [5, 5.41) is 9.21. The Morgan fingerprint density at radius 2 is 2.26 bits per heavy atom. The maximum atomic E-state index is 9.21. The average Bonchev–Trinajstić information content (AvgIpc) is 2.89. The summed E-state index contributed by atoms with van der Waals surface area (Å²) in [7, 11) is 2.10. The molecule has 0 saturated heterocycles. The van der Waals surface area contributed by atoms with Gasteiger partial charge in [0.2, 0.25) is 0 Å². The Labute approximate surface area is 114 Å². The lowest BCUT2D eigenvalue weighted by molar-refractivity contribution is 0.177. The standard InChI is InChI=1S/C15H22N2O2/c1-3-12(10-18)9-17(2)7-6-13-4-5-14-15(8-13)19-11-16-14/h4-5,8,11-12,18H,3,6-7,9-10H2,1-2H3. The molecule has 1 aromatic carbocycles. The van der Waals surface area contributed by atoms with Gasteiger partial charge < -0.3 is 14.4 Å². The normalized spacial score (nSPS) is 13.3. The van der Waals surface area contributed by atoms with Gasteiger partial charge in [0.15, 0.2) is 12.0 Å². The third kappa shape index (κ3) is 3.78. The third-order valence-corrected chi connectivity index (χ3v) is 3.58. The molecule has 1 N–H and O–H groups in total. The quantitative estimate of drug-likeness (QED) is 0.832. The van der Waals surface area contributed by atoms with Crippen LogP contribution < -0.4 is 0 Å². The SMILES string of the molecule is CCC(CO)CN(C)CCc1ccc2ncoc2c1. The van der Waals surface area contributed by atoms with E-state index in [0.29, 0.717) is 5.92 Å². The number of fused-ring (bicyclic) bond motifs is 1. The first-order valence-electron chi connectivity index (χ1n) is 6.84. The molecule has 0 spiro atoms. The predicted octanol–water partition coefficient (Wildman–Crippen LogP) is 2.32. The molecule has 0 bridgehead atoms. The van der Waals surface area contributed by atoms with Crippen LogP contribution in [0.4, 0.5) is 0 Å². The Balaban J connectivity index is 1.87. The van der Waals surface area contributed by atoms with Crippen molar-refractivity contribution in [2.75, 3.05) is 26.7 Å². The summed E-state index contributed by atoms with van der Waals surface area (Å²) in [5.74, 6) is 0.377. The first kappa shape index (κ1) is 14.0. The zero-order chi connectivity index (χ0) is 13.7. The molecule has 0 amide bonds. The fourth-order valence-corrected chi connectivity index (χ4v) is 2.22. The van der Waals surface area contributed by atoms with E-state index in [2.05, 4.69) is 36.0 Å². The lowest BCUT2D eigenvalue weighted by atomic mass is 10.1. The summed E-state index contributed by atoms with van der Waals surface area (Å²) in [6, 6.07) is 6.15. The molecule has 19 heavy (non-hydrogen) atoms. The van der Waals surface area contributed by atoms with Gasteiger partial charge in [-0.1, -0.05) is 13.0 Å². The van der Waals surface area contributed by atoms with Crippen LogP contribution >= 0.6 is 0 Å². The fraction of sp³-hybridized carbons (Fsp3) is 0.533. The van der Waals surface area contributed by atoms with E-state index in [4.69, 9.17) is 4.42 Å². The van der Waals surface area contributed by atoms with E-state index in [1.807, 2.05) is 6.07 Å². The maximum Gasteiger partial charge on any atom is 0.181 e. The maximum absolute atomic E-state index is 9.21. The molecule has 0 saturated carbocycles. The van der Waals surface area contributed by atoms with Gasteiger partial charge in [0, 0.05) is 19.7 Å². The van der Waals surface area contributed by atoms with Gasteiger partial charge in [-0.15, -0.1) is 0 Å². The lowest BCUT2D eigenvalue weighted by Crippen LogP contribution is -2.29. The first-order chi connectivity index (χ1) is 9.22. The number of oxazole rings is 1. The lowest BCUT2D eigenvalue weighted by Gasteiger charge is -2.21. The molecule has 4 heteroatoms. The van der Waals surface area contributed by atoms with Gasteiger partial charge >= 0.3 is 0 Å². The number of hydrogen-bond donors (Lipinski definition) is 1. The summed E-state index contributed by atoms with van der Waals surface area (Å²) in [6.07, 6.45) is 3.48. The molecule has 0 aliphatic heterocycles. The van der Waals surface area contributed by atoms with Crippen molar-refractivity contribution in [3.8, 4) is 0 Å². The smallest absolute Gasteiger partial charge is 0.181 e. The zero-order valence-electron chi connectivity index (χ0n) is 11.7. The van der Waals surface area contributed by atoms with Crippen LogP contribution in [0, 0.1) is 5.92 Å². The van der Waals surface area contributed by atoms with Crippen molar-refractivity contribution in [1.29, 1.82) is 0 Å². The van der Waals surface area contributed by atoms with E-state index >= 15 is 0 Å². The predicted molar refractivity (Wildman–Crippen MR) is 76.1 cm³/mol. The van der Waals surface area contributed by atoms with Crippen molar-refractivity contribution < 1.29 is 9.52 Å². The summed E-state index contributed by atoms with van der Waals surface area (Å²) < 4.78 is 5.31. The van der Waals surface area contributed by atoms with E-state index in [9.17, 15) is 5.11 Å². The highest BCUT2D eigenvalue weighted by molar-refractivity contribution is 5.72. The van der Waals surface area contributed by atoms with Gasteiger partial charge in [0.1, 0.15) is 5.52 Å². The molecule has 1 unspecified atom stereocenters. The van der Waals surface area contributed by atoms with Gasteiger partial charge in [-0.25, -0.2) is 4.98 Å². The minimum absolute atomic E-state index is 0.269. The van der Waals surface area contributed by atoms with Gasteiger partial charge in [-0.05, 0) is 43.5 Å². The molecular formula is C15H22N2O2. The van der Waals surface area contributed by atoms with Crippen LogP contribution in [0.5, 0.6) is 0 Å². The summed E-state index contributed by atoms with van der Waals surface area (Å²) in [4.78, 5) is 6.38. The second-order valence-electron chi connectivity index (χ2n) is 5.12. The topological polar surface area (TPSA) is 49.5 Å². The molecule has 0 fully saturated rings. The van der Waals surface area contributed by atoms with Crippen LogP contribution in [0.25, 0.3) is 11.1 Å². The van der Waals surface area contributed by atoms with E-state index in [1.165, 1.54) is 12.0 Å². The van der Waals surface area contributed by atoms with Gasteiger partial charge in [-0.2, -0.15) is 0 Å². The van der Waals surface area contributed by atoms with Crippen LogP contribution in [-0.2, 0) is 6.42 Å². The van der Waals surface area contributed by atoms with Crippen molar-refractivity contribution in [3.05, 3.63) is 30.2 Å². The zero-order valence-corrected chi connectivity index (χ0v) is 11.7. The van der Waals surface area contributed by atoms with Crippen LogP contribution in [0.1, 0.15) is 18.9 Å². The van der Waals surface area contributed by atoms with Crippen LogP contribution in [0.2, 0.25) is 0 Å². The summed E-state index contributed by atoms with van der Waals surface area (Å²) in [6.45, 7) is 4.31. The number of benzene rings is 1. The first-order valence-corrected chi connectivity index (χ1v) is 6.84. The van der Waals surface area contributed by atoms with Crippen LogP contribution in [-0.4, -0.2) is 41.7 Å². The highest BCUT2D eigenvalue weighted by Crippen LogP contribution is 2.15. The molecule has 1 heterocycles. The Hall–Kier alpha value is -1.39. The molecule has 0 aliphatic rings. The van der Waals surface area contributed by atoms with Gasteiger partial charge in [0.25, 0.3) is 0 Å². The van der Waals surface area contributed by atoms with Crippen molar-refractivity contribution >= 4 is 11.1 Å². The highest BCUT2D eigenvalue weighted by Gasteiger charge is 2.09. The Morgan fingerprint density at radius 1 is 1.42 bits per heavy atom. The van der Waals surface area contributed by atoms with Gasteiger partial charge in [-0.3, -0.25) is 0 Å². The number of aliphatic hydroxyl groups excluding tert-OH is 1. The van der Waals surface area contributed by atoms with E-state index in [1.54, 1.807) is 0 Å². The minimum Gasteiger partial charge on any atom is -0.443 e. The monoisotopic (exact) mass is 262 g/mol. The van der Waals surface area contributed by atoms with E-state index < -0.39 is 0 Å². The van der Waals surface area contributed by atoms with Crippen molar-refractivity contribution in [2.24, 2.45) is 5.92 Å². The van der Waals surface area contributed by atoms with Crippen molar-refractivity contribution in [1.82, 2.24) is 9.88 Å². The van der Waals surface area contributed by atoms with E-state index in [0.717, 1.165) is 37.0 Å². The molecule has 104 valence electrons. The van der Waals surface area contributed by atoms with Crippen LogP contribution in [0.3, 0.4) is 0 Å². The molecule has 1 atom stereocenters. The number of aliphatic hydroxyl groups is 1. The molecule has 2 aromatic rings. The number of likely N-dealkylation sites (N-methyl/N-ethyl adjacent to an activating group) is 1. The molecule has 2 rings (SSSR count). The Bertz CT molecular complexity index is 506. The Kier molecular flexibility index (Phi) is 4.93. The molecular weight excluding hydrogens is 240 g/mol. The average molecular weight is 262 g/mol. The minimum atomic E-state index is 0.269.